The highest BCUT2D eigenvalue weighted by Crippen LogP contribution is 2.38. The number of carbonyl (C=O) groups excluding carboxylic acids is 1. The number of amides is 1. The van der Waals surface area contributed by atoms with Crippen molar-refractivity contribution in [3.63, 3.8) is 0 Å². The SMILES string of the molecule is COC[C@]1(O)CCN(CCC(=O)NC2CCCCC2)CC1(C)C. The van der Waals surface area contributed by atoms with Crippen LogP contribution in [0.4, 0.5) is 0 Å². The Kier molecular flexibility index (Phi) is 6.46. The zero-order valence-electron chi connectivity index (χ0n) is 15.1. The Balaban J connectivity index is 1.75. The van der Waals surface area contributed by atoms with E-state index in [1.165, 1.54) is 19.3 Å². The van der Waals surface area contributed by atoms with E-state index in [-0.39, 0.29) is 11.3 Å². The van der Waals surface area contributed by atoms with Gasteiger partial charge in [0.05, 0.1) is 12.2 Å². The number of methoxy groups -OCH3 is 1. The van der Waals surface area contributed by atoms with Crippen LogP contribution in [0.2, 0.25) is 0 Å². The molecule has 0 radical (unpaired) electrons. The van der Waals surface area contributed by atoms with E-state index in [0.717, 1.165) is 32.5 Å². The van der Waals surface area contributed by atoms with Gasteiger partial charge in [0.25, 0.3) is 0 Å². The lowest BCUT2D eigenvalue weighted by atomic mass is 9.70. The monoisotopic (exact) mass is 326 g/mol. The number of piperidine rings is 1. The Bertz CT molecular complexity index is 394. The number of ether oxygens (including phenoxy) is 1. The van der Waals surface area contributed by atoms with Gasteiger partial charge in [-0.2, -0.15) is 0 Å². The average Bonchev–Trinajstić information content (AvgIpc) is 2.50. The van der Waals surface area contributed by atoms with Crippen LogP contribution in [0, 0.1) is 5.41 Å². The second kappa shape index (κ2) is 7.95. The van der Waals surface area contributed by atoms with Gasteiger partial charge < -0.3 is 20.1 Å². The van der Waals surface area contributed by atoms with Gasteiger partial charge in [0.1, 0.15) is 0 Å². The van der Waals surface area contributed by atoms with Gasteiger partial charge in [0, 0.05) is 44.6 Å². The summed E-state index contributed by atoms with van der Waals surface area (Å²) in [7, 11) is 1.63. The second-order valence-electron chi connectivity index (χ2n) is 8.03. The summed E-state index contributed by atoms with van der Waals surface area (Å²) in [6, 6.07) is 0.390. The van der Waals surface area contributed by atoms with Crippen LogP contribution >= 0.6 is 0 Å². The van der Waals surface area contributed by atoms with E-state index < -0.39 is 5.60 Å². The summed E-state index contributed by atoms with van der Waals surface area (Å²) in [6.45, 7) is 6.92. The molecule has 23 heavy (non-hydrogen) atoms. The Morgan fingerprint density at radius 3 is 2.61 bits per heavy atom. The highest BCUT2D eigenvalue weighted by molar-refractivity contribution is 5.76. The molecule has 0 bridgehead atoms. The van der Waals surface area contributed by atoms with Gasteiger partial charge in [-0.15, -0.1) is 0 Å². The van der Waals surface area contributed by atoms with Gasteiger partial charge in [0.2, 0.25) is 5.91 Å². The Labute approximate surface area is 140 Å². The zero-order valence-corrected chi connectivity index (χ0v) is 15.1. The molecule has 2 N–H and O–H groups in total. The normalized spacial score (nSPS) is 29.4. The molecule has 2 rings (SSSR count). The number of nitrogens with one attached hydrogen (secondary N) is 1. The average molecular weight is 326 g/mol. The first kappa shape index (κ1) is 18.7. The minimum absolute atomic E-state index is 0.174. The molecule has 0 aromatic carbocycles. The molecule has 1 atom stereocenters. The van der Waals surface area contributed by atoms with E-state index in [1.807, 2.05) is 0 Å². The lowest BCUT2D eigenvalue weighted by molar-refractivity contribution is -0.151. The fourth-order valence-corrected chi connectivity index (χ4v) is 3.97. The fourth-order valence-electron chi connectivity index (χ4n) is 3.97. The van der Waals surface area contributed by atoms with Crippen molar-refractivity contribution in [3.8, 4) is 0 Å². The standard InChI is InChI=1S/C18H34N2O3/c1-17(2)13-20(12-10-18(17,22)14-23-3)11-9-16(21)19-15-7-5-4-6-8-15/h15,22H,4-14H2,1-3H3,(H,19,21)/t18-/m1/s1. The smallest absolute Gasteiger partial charge is 0.221 e. The third kappa shape index (κ3) is 4.91. The first-order valence-corrected chi connectivity index (χ1v) is 9.09. The summed E-state index contributed by atoms with van der Waals surface area (Å²) in [4.78, 5) is 14.4. The van der Waals surface area contributed by atoms with Gasteiger partial charge in [-0.3, -0.25) is 4.79 Å². The zero-order chi connectivity index (χ0) is 16.9. The number of carbonyl (C=O) groups is 1. The van der Waals surface area contributed by atoms with Gasteiger partial charge in [-0.05, 0) is 19.3 Å². The molecular formula is C18H34N2O3. The fraction of sp³-hybridized carbons (Fsp3) is 0.944. The number of rotatable bonds is 6. The van der Waals surface area contributed by atoms with Crippen molar-refractivity contribution < 1.29 is 14.6 Å². The molecule has 1 aliphatic carbocycles. The maximum Gasteiger partial charge on any atom is 0.221 e. The summed E-state index contributed by atoms with van der Waals surface area (Å²) < 4.78 is 5.21. The number of likely N-dealkylation sites (tertiary alicyclic amines) is 1. The van der Waals surface area contributed by atoms with E-state index >= 15 is 0 Å². The summed E-state index contributed by atoms with van der Waals surface area (Å²) >= 11 is 0. The van der Waals surface area contributed by atoms with Gasteiger partial charge >= 0.3 is 0 Å². The van der Waals surface area contributed by atoms with Gasteiger partial charge in [-0.25, -0.2) is 0 Å². The van der Waals surface area contributed by atoms with Crippen molar-refractivity contribution in [2.45, 2.75) is 70.4 Å². The lowest BCUT2D eigenvalue weighted by Crippen LogP contribution is -2.59. The molecule has 1 aliphatic heterocycles. The summed E-state index contributed by atoms with van der Waals surface area (Å²) in [6.07, 6.45) is 7.29. The highest BCUT2D eigenvalue weighted by atomic mass is 16.5. The molecule has 1 saturated carbocycles. The molecular weight excluding hydrogens is 292 g/mol. The van der Waals surface area contributed by atoms with Crippen LogP contribution in [0.1, 0.15) is 58.8 Å². The lowest BCUT2D eigenvalue weighted by Gasteiger charge is -2.50. The quantitative estimate of drug-likeness (QED) is 0.783. The summed E-state index contributed by atoms with van der Waals surface area (Å²) in [5.74, 6) is 0.174. The molecule has 0 aromatic rings. The van der Waals surface area contributed by atoms with Crippen molar-refractivity contribution >= 4 is 5.91 Å². The minimum Gasteiger partial charge on any atom is -0.387 e. The molecule has 5 nitrogen and oxygen atoms in total. The molecule has 5 heteroatoms. The van der Waals surface area contributed by atoms with Crippen molar-refractivity contribution in [1.82, 2.24) is 10.2 Å². The van der Waals surface area contributed by atoms with Crippen LogP contribution in [0.5, 0.6) is 0 Å². The van der Waals surface area contributed by atoms with Crippen molar-refractivity contribution in [2.75, 3.05) is 33.4 Å². The molecule has 0 aromatic heterocycles. The molecule has 1 saturated heterocycles. The third-order valence-electron chi connectivity index (χ3n) is 5.73. The maximum absolute atomic E-state index is 12.1. The molecule has 134 valence electrons. The number of hydrogen-bond acceptors (Lipinski definition) is 4. The van der Waals surface area contributed by atoms with Gasteiger partial charge in [0.15, 0.2) is 0 Å². The molecule has 2 fully saturated rings. The van der Waals surface area contributed by atoms with E-state index in [9.17, 15) is 9.90 Å². The first-order chi connectivity index (χ1) is 10.9. The maximum atomic E-state index is 12.1. The molecule has 0 spiro atoms. The first-order valence-electron chi connectivity index (χ1n) is 9.09. The van der Waals surface area contributed by atoms with Crippen molar-refractivity contribution in [3.05, 3.63) is 0 Å². The van der Waals surface area contributed by atoms with Crippen molar-refractivity contribution in [2.24, 2.45) is 5.41 Å². The second-order valence-corrected chi connectivity index (χ2v) is 8.03. The minimum atomic E-state index is -0.775. The third-order valence-corrected chi connectivity index (χ3v) is 5.73. The van der Waals surface area contributed by atoms with Crippen molar-refractivity contribution in [1.29, 1.82) is 0 Å². The van der Waals surface area contributed by atoms with Crippen LogP contribution in [-0.4, -0.2) is 60.9 Å². The largest absolute Gasteiger partial charge is 0.387 e. The molecule has 2 aliphatic rings. The Hall–Kier alpha value is -0.650. The highest BCUT2D eigenvalue weighted by Gasteiger charge is 2.47. The van der Waals surface area contributed by atoms with E-state index in [2.05, 4.69) is 24.1 Å². The van der Waals surface area contributed by atoms with E-state index in [4.69, 9.17) is 4.74 Å². The van der Waals surface area contributed by atoms with Crippen LogP contribution in [0.25, 0.3) is 0 Å². The van der Waals surface area contributed by atoms with Crippen LogP contribution in [-0.2, 0) is 9.53 Å². The van der Waals surface area contributed by atoms with Crippen LogP contribution in [0.3, 0.4) is 0 Å². The Morgan fingerprint density at radius 2 is 2.00 bits per heavy atom. The number of aliphatic hydroxyl groups is 1. The van der Waals surface area contributed by atoms with Crippen LogP contribution < -0.4 is 5.32 Å². The topological polar surface area (TPSA) is 61.8 Å². The predicted molar refractivity (Wildman–Crippen MR) is 91.3 cm³/mol. The molecule has 0 unspecified atom stereocenters. The molecule has 1 amide bonds. The number of nitrogens with zero attached hydrogens (tertiary/aromatic N) is 1. The summed E-state index contributed by atoms with van der Waals surface area (Å²) in [5.41, 5.74) is -1.01. The van der Waals surface area contributed by atoms with Crippen LogP contribution in [0.15, 0.2) is 0 Å². The predicted octanol–water partition coefficient (Wildman–Crippen LogP) is 1.93. The number of hydrogen-bond donors (Lipinski definition) is 2. The van der Waals surface area contributed by atoms with Gasteiger partial charge in [-0.1, -0.05) is 33.1 Å². The van der Waals surface area contributed by atoms with E-state index in [0.29, 0.717) is 25.5 Å². The van der Waals surface area contributed by atoms with E-state index in [1.54, 1.807) is 7.11 Å². The molecule has 1 heterocycles. The summed E-state index contributed by atoms with van der Waals surface area (Å²) in [5, 5.41) is 14.0. The Morgan fingerprint density at radius 1 is 1.30 bits per heavy atom.